The van der Waals surface area contributed by atoms with Crippen LogP contribution in [0.1, 0.15) is 24.6 Å². The number of piperidine rings is 1. The van der Waals surface area contributed by atoms with Crippen molar-refractivity contribution in [2.24, 2.45) is 11.8 Å². The lowest BCUT2D eigenvalue weighted by Gasteiger charge is -2.31. The van der Waals surface area contributed by atoms with Gasteiger partial charge in [0.15, 0.2) is 0 Å². The minimum atomic E-state index is -0.807. The number of hydrogen-bond acceptors (Lipinski definition) is 3. The molecule has 0 aromatic carbocycles. The molecule has 1 aliphatic heterocycles. The van der Waals surface area contributed by atoms with Crippen molar-refractivity contribution in [3.05, 3.63) is 22.4 Å². The Morgan fingerprint density at radius 2 is 2.38 bits per heavy atom. The largest absolute Gasteiger partial charge is 0.481 e. The van der Waals surface area contributed by atoms with Crippen molar-refractivity contribution in [2.45, 2.75) is 26.2 Å². The maximum Gasteiger partial charge on any atom is 0.317 e. The smallest absolute Gasteiger partial charge is 0.317 e. The predicted molar refractivity (Wildman–Crippen MR) is 82.5 cm³/mol. The molecule has 0 spiro atoms. The molecule has 2 amide bonds. The number of likely N-dealkylation sites (tertiary alicyclic amines) is 1. The molecule has 5 nitrogen and oxygen atoms in total. The van der Waals surface area contributed by atoms with Gasteiger partial charge in [0.05, 0.1) is 5.92 Å². The maximum absolute atomic E-state index is 12.1. The topological polar surface area (TPSA) is 69.6 Å². The second-order valence-electron chi connectivity index (χ2n) is 5.70. The fraction of sp³-hybridized carbons (Fsp3) is 0.600. The molecular weight excluding hydrogens is 288 g/mol. The first-order valence-corrected chi connectivity index (χ1v) is 8.22. The third-order valence-corrected chi connectivity index (χ3v) is 4.69. The predicted octanol–water partition coefficient (Wildman–Crippen LogP) is 2.43. The lowest BCUT2D eigenvalue weighted by atomic mass is 9.99. The van der Waals surface area contributed by atoms with E-state index < -0.39 is 11.9 Å². The van der Waals surface area contributed by atoms with Crippen LogP contribution in [0.15, 0.2) is 17.5 Å². The second-order valence-corrected chi connectivity index (χ2v) is 6.73. The zero-order valence-corrected chi connectivity index (χ0v) is 13.1. The highest BCUT2D eigenvalue weighted by Gasteiger charge is 2.28. The van der Waals surface area contributed by atoms with Crippen molar-refractivity contribution in [1.29, 1.82) is 0 Å². The molecule has 2 heterocycles. The molecule has 0 saturated carbocycles. The summed E-state index contributed by atoms with van der Waals surface area (Å²) in [6.07, 6.45) is 2.37. The number of thiophene rings is 1. The first-order valence-electron chi connectivity index (χ1n) is 7.34. The van der Waals surface area contributed by atoms with E-state index in [0.717, 1.165) is 12.8 Å². The van der Waals surface area contributed by atoms with Crippen LogP contribution in [-0.2, 0) is 11.2 Å². The standard InChI is InChI=1S/C15H22N2O3S/c1-11(8-13-5-3-7-21-13)9-16-15(20)17-6-2-4-12(10-17)14(18)19/h3,5,7,11-12H,2,4,6,8-10H2,1H3,(H,16,20)(H,18,19). The normalized spacial score (nSPS) is 20.0. The average molecular weight is 310 g/mol. The van der Waals surface area contributed by atoms with Crippen LogP contribution in [0.3, 0.4) is 0 Å². The lowest BCUT2D eigenvalue weighted by molar-refractivity contribution is -0.143. The van der Waals surface area contributed by atoms with Crippen molar-refractivity contribution in [1.82, 2.24) is 10.2 Å². The monoisotopic (exact) mass is 310 g/mol. The van der Waals surface area contributed by atoms with Crippen LogP contribution in [0.4, 0.5) is 4.79 Å². The number of urea groups is 1. The quantitative estimate of drug-likeness (QED) is 0.877. The summed E-state index contributed by atoms with van der Waals surface area (Å²) in [6, 6.07) is 4.00. The number of hydrogen-bond donors (Lipinski definition) is 2. The Bertz CT molecular complexity index is 475. The second kappa shape index (κ2) is 7.45. The van der Waals surface area contributed by atoms with Gasteiger partial charge in [-0.05, 0) is 36.6 Å². The molecule has 2 atom stereocenters. The molecule has 6 heteroatoms. The molecule has 1 saturated heterocycles. The molecular formula is C15H22N2O3S. The number of aliphatic carboxylic acids is 1. The number of carbonyl (C=O) groups is 2. The Labute approximate surface area is 129 Å². The van der Waals surface area contributed by atoms with Crippen LogP contribution < -0.4 is 5.32 Å². The van der Waals surface area contributed by atoms with Crippen LogP contribution in [-0.4, -0.2) is 41.6 Å². The number of nitrogens with one attached hydrogen (secondary N) is 1. The van der Waals surface area contributed by atoms with E-state index in [0.29, 0.717) is 32.0 Å². The van der Waals surface area contributed by atoms with E-state index in [1.807, 2.05) is 6.07 Å². The van der Waals surface area contributed by atoms with Gasteiger partial charge in [0.25, 0.3) is 0 Å². The van der Waals surface area contributed by atoms with Gasteiger partial charge < -0.3 is 15.3 Å². The fourth-order valence-electron chi connectivity index (χ4n) is 2.58. The highest BCUT2D eigenvalue weighted by atomic mass is 32.1. The zero-order valence-electron chi connectivity index (χ0n) is 12.2. The van der Waals surface area contributed by atoms with Gasteiger partial charge in [0.2, 0.25) is 0 Å². The van der Waals surface area contributed by atoms with Gasteiger partial charge in [0.1, 0.15) is 0 Å². The highest BCUT2D eigenvalue weighted by molar-refractivity contribution is 7.09. The summed E-state index contributed by atoms with van der Waals surface area (Å²) in [5, 5.41) is 14.0. The van der Waals surface area contributed by atoms with Crippen LogP contribution in [0.25, 0.3) is 0 Å². The number of nitrogens with zero attached hydrogens (tertiary/aromatic N) is 1. The van der Waals surface area contributed by atoms with Crippen molar-refractivity contribution < 1.29 is 14.7 Å². The molecule has 1 aromatic rings. The summed E-state index contributed by atoms with van der Waals surface area (Å²) in [4.78, 5) is 26.1. The van der Waals surface area contributed by atoms with Gasteiger partial charge in [0, 0.05) is 24.5 Å². The van der Waals surface area contributed by atoms with Crippen LogP contribution in [0.2, 0.25) is 0 Å². The third kappa shape index (κ3) is 4.74. The Kier molecular flexibility index (Phi) is 5.61. The molecule has 0 aliphatic carbocycles. The first-order chi connectivity index (χ1) is 10.1. The van der Waals surface area contributed by atoms with Crippen LogP contribution in [0.5, 0.6) is 0 Å². The number of amides is 2. The van der Waals surface area contributed by atoms with Gasteiger partial charge in [-0.15, -0.1) is 11.3 Å². The fourth-order valence-corrected chi connectivity index (χ4v) is 3.45. The molecule has 2 unspecified atom stereocenters. The minimum absolute atomic E-state index is 0.140. The summed E-state index contributed by atoms with van der Waals surface area (Å²) >= 11 is 1.73. The third-order valence-electron chi connectivity index (χ3n) is 3.79. The van der Waals surface area contributed by atoms with E-state index in [1.165, 1.54) is 4.88 Å². The van der Waals surface area contributed by atoms with Gasteiger partial charge in [-0.2, -0.15) is 0 Å². The summed E-state index contributed by atoms with van der Waals surface area (Å²) in [6.45, 7) is 3.69. The molecule has 21 heavy (non-hydrogen) atoms. The minimum Gasteiger partial charge on any atom is -0.481 e. The Hall–Kier alpha value is -1.56. The molecule has 0 radical (unpaired) electrons. The van der Waals surface area contributed by atoms with E-state index in [4.69, 9.17) is 5.11 Å². The Morgan fingerprint density at radius 1 is 1.57 bits per heavy atom. The maximum atomic E-state index is 12.1. The summed E-state index contributed by atoms with van der Waals surface area (Å²) in [7, 11) is 0. The summed E-state index contributed by atoms with van der Waals surface area (Å²) in [5.74, 6) is -0.862. The number of carboxylic acids is 1. The van der Waals surface area contributed by atoms with E-state index in [9.17, 15) is 9.59 Å². The molecule has 1 aromatic heterocycles. The molecule has 0 bridgehead atoms. The Morgan fingerprint density at radius 3 is 3.05 bits per heavy atom. The van der Waals surface area contributed by atoms with E-state index in [1.54, 1.807) is 16.2 Å². The number of carbonyl (C=O) groups excluding carboxylic acids is 1. The van der Waals surface area contributed by atoms with Gasteiger partial charge in [-0.25, -0.2) is 4.79 Å². The van der Waals surface area contributed by atoms with Crippen molar-refractivity contribution in [2.75, 3.05) is 19.6 Å². The van der Waals surface area contributed by atoms with Crippen LogP contribution in [0, 0.1) is 11.8 Å². The van der Waals surface area contributed by atoms with E-state index in [-0.39, 0.29) is 6.03 Å². The molecule has 116 valence electrons. The SMILES string of the molecule is CC(CNC(=O)N1CCCC(C(=O)O)C1)Cc1cccs1. The van der Waals surface area contributed by atoms with Gasteiger partial charge in [-0.3, -0.25) is 4.79 Å². The molecule has 1 aliphatic rings. The lowest BCUT2D eigenvalue weighted by Crippen LogP contribution is -2.47. The Balaban J connectivity index is 1.74. The van der Waals surface area contributed by atoms with Crippen molar-refractivity contribution in [3.8, 4) is 0 Å². The summed E-state index contributed by atoms with van der Waals surface area (Å²) < 4.78 is 0. The van der Waals surface area contributed by atoms with E-state index >= 15 is 0 Å². The zero-order chi connectivity index (χ0) is 15.2. The van der Waals surface area contributed by atoms with Gasteiger partial charge >= 0.3 is 12.0 Å². The average Bonchev–Trinajstić information content (AvgIpc) is 2.97. The van der Waals surface area contributed by atoms with Crippen LogP contribution >= 0.6 is 11.3 Å². The highest BCUT2D eigenvalue weighted by Crippen LogP contribution is 2.17. The molecule has 1 fully saturated rings. The summed E-state index contributed by atoms with van der Waals surface area (Å²) in [5.41, 5.74) is 0. The molecule has 2 rings (SSSR count). The van der Waals surface area contributed by atoms with E-state index in [2.05, 4.69) is 23.7 Å². The number of rotatable bonds is 5. The van der Waals surface area contributed by atoms with Crippen molar-refractivity contribution in [3.63, 3.8) is 0 Å². The first kappa shape index (κ1) is 15.8. The van der Waals surface area contributed by atoms with Gasteiger partial charge in [-0.1, -0.05) is 13.0 Å². The number of carboxylic acid groups (broad SMARTS) is 1. The van der Waals surface area contributed by atoms with Crippen molar-refractivity contribution >= 4 is 23.3 Å². The molecule has 2 N–H and O–H groups in total.